The fourth-order valence-corrected chi connectivity index (χ4v) is 3.55. The number of anilines is 2. The molecule has 0 amide bonds. The summed E-state index contributed by atoms with van der Waals surface area (Å²) in [5, 5.41) is 3.37. The zero-order valence-corrected chi connectivity index (χ0v) is 18.2. The van der Waals surface area contributed by atoms with E-state index in [1.807, 2.05) is 12.1 Å². The molecule has 0 heterocycles. The normalized spacial score (nSPS) is 10.7. The molecule has 0 spiro atoms. The summed E-state index contributed by atoms with van der Waals surface area (Å²) in [6, 6.07) is 16.0. The lowest BCUT2D eigenvalue weighted by atomic mass is 10.0. The molecule has 1 N–H and O–H groups in total. The summed E-state index contributed by atoms with van der Waals surface area (Å²) < 4.78 is 4.73. The average Bonchev–Trinajstić information content (AvgIpc) is 2.76. The maximum Gasteiger partial charge on any atom is 0.337 e. The highest BCUT2D eigenvalue weighted by Gasteiger charge is 2.04. The number of unbranched alkanes of at least 4 members (excludes halogenated alkanes) is 9. The number of hydrogen-bond acceptors (Lipinski definition) is 3. The van der Waals surface area contributed by atoms with E-state index in [0.29, 0.717) is 5.56 Å². The summed E-state index contributed by atoms with van der Waals surface area (Å²) in [5.74, 6) is -0.312. The van der Waals surface area contributed by atoms with E-state index in [2.05, 4.69) is 36.5 Å². The van der Waals surface area contributed by atoms with Crippen LogP contribution in [0, 0.1) is 0 Å². The molecule has 0 bridgehead atoms. The Labute approximate surface area is 176 Å². The number of carbonyl (C=O) groups is 1. The Morgan fingerprint density at radius 3 is 1.72 bits per heavy atom. The summed E-state index contributed by atoms with van der Waals surface area (Å²) in [4.78, 5) is 11.5. The molecule has 0 fully saturated rings. The Balaban J connectivity index is 1.61. The Hall–Kier alpha value is -2.29. The molecule has 0 aliphatic carbocycles. The van der Waals surface area contributed by atoms with Gasteiger partial charge in [-0.2, -0.15) is 0 Å². The monoisotopic (exact) mass is 395 g/mol. The number of esters is 1. The first kappa shape index (κ1) is 23.0. The quantitative estimate of drug-likeness (QED) is 0.263. The molecular formula is C26H37NO2. The van der Waals surface area contributed by atoms with Crippen molar-refractivity contribution in [3.05, 3.63) is 59.7 Å². The Morgan fingerprint density at radius 1 is 0.724 bits per heavy atom. The minimum Gasteiger partial charge on any atom is -0.465 e. The zero-order valence-electron chi connectivity index (χ0n) is 18.2. The molecule has 2 rings (SSSR count). The first-order valence-electron chi connectivity index (χ1n) is 11.3. The maximum absolute atomic E-state index is 11.5. The molecule has 3 nitrogen and oxygen atoms in total. The van der Waals surface area contributed by atoms with Crippen molar-refractivity contribution in [1.82, 2.24) is 0 Å². The molecule has 0 atom stereocenters. The van der Waals surface area contributed by atoms with Crippen molar-refractivity contribution in [1.29, 1.82) is 0 Å². The summed E-state index contributed by atoms with van der Waals surface area (Å²) in [5.41, 5.74) is 3.98. The summed E-state index contributed by atoms with van der Waals surface area (Å²) in [6.07, 6.45) is 14.9. The van der Waals surface area contributed by atoms with Crippen LogP contribution in [0.3, 0.4) is 0 Å². The molecule has 0 radical (unpaired) electrons. The van der Waals surface area contributed by atoms with Gasteiger partial charge in [0.25, 0.3) is 0 Å². The van der Waals surface area contributed by atoms with Crippen molar-refractivity contribution in [3.8, 4) is 0 Å². The topological polar surface area (TPSA) is 38.3 Å². The van der Waals surface area contributed by atoms with E-state index in [4.69, 9.17) is 4.74 Å². The smallest absolute Gasteiger partial charge is 0.337 e. The van der Waals surface area contributed by atoms with Crippen LogP contribution < -0.4 is 5.32 Å². The van der Waals surface area contributed by atoms with Crippen molar-refractivity contribution >= 4 is 17.3 Å². The van der Waals surface area contributed by atoms with E-state index in [1.165, 1.54) is 76.9 Å². The van der Waals surface area contributed by atoms with Gasteiger partial charge in [-0.3, -0.25) is 0 Å². The Bertz CT molecular complexity index is 692. The highest BCUT2D eigenvalue weighted by molar-refractivity contribution is 5.89. The largest absolute Gasteiger partial charge is 0.465 e. The second-order valence-corrected chi connectivity index (χ2v) is 7.82. The predicted molar refractivity (Wildman–Crippen MR) is 123 cm³/mol. The zero-order chi connectivity index (χ0) is 20.7. The summed E-state index contributed by atoms with van der Waals surface area (Å²) >= 11 is 0. The van der Waals surface area contributed by atoms with Crippen LogP contribution in [0.4, 0.5) is 11.4 Å². The van der Waals surface area contributed by atoms with Crippen LogP contribution in [0.25, 0.3) is 0 Å². The third kappa shape index (κ3) is 9.17. The van der Waals surface area contributed by atoms with Crippen LogP contribution in [0.1, 0.15) is 87.1 Å². The molecule has 158 valence electrons. The van der Waals surface area contributed by atoms with Gasteiger partial charge in [-0.1, -0.05) is 76.8 Å². The van der Waals surface area contributed by atoms with E-state index in [-0.39, 0.29) is 5.97 Å². The predicted octanol–water partition coefficient (Wildman–Crippen LogP) is 7.68. The molecule has 0 saturated carbocycles. The van der Waals surface area contributed by atoms with E-state index < -0.39 is 0 Å². The number of benzene rings is 2. The molecule has 0 aliphatic rings. The number of aryl methyl sites for hydroxylation is 1. The van der Waals surface area contributed by atoms with Crippen LogP contribution in [-0.2, 0) is 11.2 Å². The van der Waals surface area contributed by atoms with E-state index in [0.717, 1.165) is 17.8 Å². The summed E-state index contributed by atoms with van der Waals surface area (Å²) in [7, 11) is 1.39. The molecule has 0 aliphatic heterocycles. The molecule has 2 aromatic carbocycles. The first-order chi connectivity index (χ1) is 14.2. The van der Waals surface area contributed by atoms with Gasteiger partial charge in [0.05, 0.1) is 12.7 Å². The molecule has 0 aromatic heterocycles. The van der Waals surface area contributed by atoms with Gasteiger partial charge in [0.2, 0.25) is 0 Å². The molecule has 0 saturated heterocycles. The van der Waals surface area contributed by atoms with E-state index in [9.17, 15) is 4.79 Å². The lowest BCUT2D eigenvalue weighted by molar-refractivity contribution is 0.0601. The Morgan fingerprint density at radius 2 is 1.21 bits per heavy atom. The molecular weight excluding hydrogens is 358 g/mol. The molecule has 29 heavy (non-hydrogen) atoms. The lowest BCUT2D eigenvalue weighted by Gasteiger charge is -2.08. The second-order valence-electron chi connectivity index (χ2n) is 7.82. The number of ether oxygens (including phenoxy) is 1. The van der Waals surface area contributed by atoms with Gasteiger partial charge >= 0.3 is 5.97 Å². The van der Waals surface area contributed by atoms with Gasteiger partial charge in [-0.05, 0) is 54.8 Å². The van der Waals surface area contributed by atoms with Gasteiger partial charge in [0, 0.05) is 11.4 Å². The van der Waals surface area contributed by atoms with Crippen molar-refractivity contribution in [3.63, 3.8) is 0 Å². The minimum atomic E-state index is -0.312. The highest BCUT2D eigenvalue weighted by Crippen LogP contribution is 2.19. The summed E-state index contributed by atoms with van der Waals surface area (Å²) in [6.45, 7) is 2.27. The average molecular weight is 396 g/mol. The van der Waals surface area contributed by atoms with Crippen LogP contribution >= 0.6 is 0 Å². The maximum atomic E-state index is 11.5. The third-order valence-corrected chi connectivity index (χ3v) is 5.37. The molecule has 2 aromatic rings. The van der Waals surface area contributed by atoms with Crippen molar-refractivity contribution in [2.45, 2.75) is 77.6 Å². The fourth-order valence-electron chi connectivity index (χ4n) is 3.55. The number of nitrogens with one attached hydrogen (secondary N) is 1. The van der Waals surface area contributed by atoms with E-state index in [1.54, 1.807) is 12.1 Å². The van der Waals surface area contributed by atoms with Gasteiger partial charge in [-0.25, -0.2) is 4.79 Å². The van der Waals surface area contributed by atoms with Gasteiger partial charge in [0.1, 0.15) is 0 Å². The fraction of sp³-hybridized carbons (Fsp3) is 0.500. The van der Waals surface area contributed by atoms with Gasteiger partial charge < -0.3 is 10.1 Å². The van der Waals surface area contributed by atoms with Crippen molar-refractivity contribution in [2.75, 3.05) is 12.4 Å². The van der Waals surface area contributed by atoms with Crippen LogP contribution in [0.2, 0.25) is 0 Å². The number of hydrogen-bond donors (Lipinski definition) is 1. The van der Waals surface area contributed by atoms with Gasteiger partial charge in [0.15, 0.2) is 0 Å². The molecule has 3 heteroatoms. The van der Waals surface area contributed by atoms with Crippen molar-refractivity contribution in [2.24, 2.45) is 0 Å². The lowest BCUT2D eigenvalue weighted by Crippen LogP contribution is -2.00. The molecule has 0 unspecified atom stereocenters. The minimum absolute atomic E-state index is 0.312. The number of rotatable bonds is 14. The highest BCUT2D eigenvalue weighted by atomic mass is 16.5. The SMILES string of the molecule is CCCCCCCCCCCCc1ccc(Nc2ccc(C(=O)OC)cc2)cc1. The first-order valence-corrected chi connectivity index (χ1v) is 11.3. The third-order valence-electron chi connectivity index (χ3n) is 5.37. The van der Waals surface area contributed by atoms with Crippen LogP contribution in [0.5, 0.6) is 0 Å². The van der Waals surface area contributed by atoms with Crippen molar-refractivity contribution < 1.29 is 9.53 Å². The number of methoxy groups -OCH3 is 1. The van der Waals surface area contributed by atoms with Gasteiger partial charge in [-0.15, -0.1) is 0 Å². The Kier molecular flexibility index (Phi) is 11.0. The second kappa shape index (κ2) is 13.8. The van der Waals surface area contributed by atoms with E-state index >= 15 is 0 Å². The number of carbonyl (C=O) groups excluding carboxylic acids is 1. The standard InChI is InChI=1S/C26H37NO2/c1-3-4-5-6-7-8-9-10-11-12-13-22-14-18-24(19-15-22)27-25-20-16-23(17-21-25)26(28)29-2/h14-21,27H,3-13H2,1-2H3. The van der Waals surface area contributed by atoms with Crippen LogP contribution in [0.15, 0.2) is 48.5 Å². The van der Waals surface area contributed by atoms with Crippen LogP contribution in [-0.4, -0.2) is 13.1 Å².